The molecule has 0 saturated carbocycles. The molecule has 4 aromatic carbocycles. The molecule has 4 aromatic rings. The summed E-state index contributed by atoms with van der Waals surface area (Å²) in [7, 11) is -14.1. The highest BCUT2D eigenvalue weighted by molar-refractivity contribution is 6.93. The van der Waals surface area contributed by atoms with Crippen molar-refractivity contribution < 1.29 is 116 Å². The molecule has 4 atom stereocenters. The SMILES string of the molecule is C[Si]1(CCCCC(CC(=O)NCCc2ccc(O)c(O)c2)C(=O)O)O[Si](C)(CCCCC(CC(=O)NCCc2ccc(O)c(O)c2)C(=O)O)O[Si](C)(CCCCC(CC(=O)NCCc2ccc(O)c(O)c2)C(=O)O)O[Si](C)(CCCCC(CC(=O)NCCc2ccc(O)c(O)c2)C(=O)O)O1. The standard InChI is InChI=1S/C68H100N4O24Si4/c1-97(33-9-5-13-49(65(85)86)41-61(81)69-29-25-45-17-21-53(73)57(77)37-45)93-98(2,34-10-6-14-50(66(87)88)42-62(82)70-30-26-46-18-22-54(74)58(78)38-46)95-100(4,36-12-8-16-52(68(91)92)44-64(84)72-32-28-48-20-24-56(76)60(80)40-48)96-99(3,94-97)35-11-7-15-51(67(89)90)43-63(83)71-31-27-47-19-23-55(75)59(79)39-47/h17-24,37-40,49-52,73-80H,5-16,25-36,41-44H2,1-4H3,(H,69,81)(H,70,82)(H,71,83)(H,72,84)(H,85,86)(H,87,88)(H,89,90)(H,91,92). The van der Waals surface area contributed by atoms with Crippen molar-refractivity contribution in [2.24, 2.45) is 23.7 Å². The monoisotopic (exact) mass is 1470 g/mol. The number of benzene rings is 4. The van der Waals surface area contributed by atoms with Crippen LogP contribution in [-0.2, 0) is 80.5 Å². The third kappa shape index (κ3) is 29.1. The van der Waals surface area contributed by atoms with Crippen molar-refractivity contribution in [1.29, 1.82) is 0 Å². The predicted octanol–water partition coefficient (Wildman–Crippen LogP) is 8.48. The first-order valence-corrected chi connectivity index (χ1v) is 44.1. The smallest absolute Gasteiger partial charge is 0.317 e. The minimum absolute atomic E-state index is 0.110. The van der Waals surface area contributed by atoms with Gasteiger partial charge in [-0.1, -0.05) is 75.6 Å². The van der Waals surface area contributed by atoms with Gasteiger partial charge in [-0.3, -0.25) is 38.4 Å². The van der Waals surface area contributed by atoms with Gasteiger partial charge in [-0.2, -0.15) is 0 Å². The number of carboxylic acid groups (broad SMARTS) is 4. The molecule has 16 N–H and O–H groups in total. The molecule has 28 nitrogen and oxygen atoms in total. The van der Waals surface area contributed by atoms with Crippen LogP contribution in [0.25, 0.3) is 0 Å². The fraction of sp³-hybridized carbons (Fsp3) is 0.529. The maximum Gasteiger partial charge on any atom is 0.317 e. The highest BCUT2D eigenvalue weighted by atomic mass is 28.5. The zero-order valence-corrected chi connectivity index (χ0v) is 61.3. The number of aromatic hydroxyl groups is 8. The van der Waals surface area contributed by atoms with Crippen LogP contribution in [0.3, 0.4) is 0 Å². The van der Waals surface area contributed by atoms with Crippen LogP contribution in [0.1, 0.15) is 125 Å². The third-order valence-electron chi connectivity index (χ3n) is 17.7. The summed E-state index contributed by atoms with van der Waals surface area (Å²) in [6.07, 6.45) is 3.23. The van der Waals surface area contributed by atoms with Gasteiger partial charge >= 0.3 is 58.1 Å². The van der Waals surface area contributed by atoms with E-state index in [1.807, 2.05) is 26.2 Å². The van der Waals surface area contributed by atoms with E-state index >= 15 is 0 Å². The maximum atomic E-state index is 13.1. The van der Waals surface area contributed by atoms with E-state index in [0.717, 1.165) is 0 Å². The largest absolute Gasteiger partial charge is 0.504 e. The second kappa shape index (κ2) is 39.7. The number of carboxylic acids is 4. The number of amides is 4. The number of aliphatic carboxylic acids is 4. The maximum absolute atomic E-state index is 13.1. The van der Waals surface area contributed by atoms with Gasteiger partial charge in [0.25, 0.3) is 0 Å². The van der Waals surface area contributed by atoms with Crippen LogP contribution in [0, 0.1) is 23.7 Å². The molecule has 32 heteroatoms. The van der Waals surface area contributed by atoms with Crippen molar-refractivity contribution in [3.05, 3.63) is 95.1 Å². The molecule has 1 fully saturated rings. The van der Waals surface area contributed by atoms with Gasteiger partial charge < -0.3 is 99.0 Å². The van der Waals surface area contributed by atoms with Gasteiger partial charge in [-0.25, -0.2) is 0 Å². The number of hydrogen-bond acceptors (Lipinski definition) is 20. The Labute approximate surface area is 586 Å². The molecule has 4 unspecified atom stereocenters. The molecule has 100 heavy (non-hydrogen) atoms. The lowest BCUT2D eigenvalue weighted by molar-refractivity contribution is -0.144. The van der Waals surface area contributed by atoms with Crippen molar-refractivity contribution in [1.82, 2.24) is 21.3 Å². The summed E-state index contributed by atoms with van der Waals surface area (Å²) < 4.78 is 29.5. The fourth-order valence-corrected chi connectivity index (χ4v) is 36.0. The molecule has 0 bridgehead atoms. The van der Waals surface area contributed by atoms with Crippen LogP contribution in [0.5, 0.6) is 46.0 Å². The van der Waals surface area contributed by atoms with Crippen molar-refractivity contribution in [3.8, 4) is 46.0 Å². The van der Waals surface area contributed by atoms with Gasteiger partial charge in [0.1, 0.15) is 0 Å². The van der Waals surface area contributed by atoms with Crippen LogP contribution in [0.15, 0.2) is 72.8 Å². The first kappa shape index (κ1) is 82.4. The van der Waals surface area contributed by atoms with Gasteiger partial charge in [0.2, 0.25) is 23.6 Å². The molecular formula is C68H100N4O24Si4. The highest BCUT2D eigenvalue weighted by Crippen LogP contribution is 2.41. The Balaban J connectivity index is 1.34. The average Bonchev–Trinajstić information content (AvgIpc) is 0.767. The van der Waals surface area contributed by atoms with Crippen molar-refractivity contribution in [2.45, 2.75) is 179 Å². The topological polar surface area (TPSA) is 464 Å². The average molecular weight is 1470 g/mol. The highest BCUT2D eigenvalue weighted by Gasteiger charge is 2.56. The third-order valence-corrected chi connectivity index (χ3v) is 36.6. The zero-order chi connectivity index (χ0) is 73.8. The number of phenolic OH excluding ortho intramolecular Hbond substituents is 8. The summed E-state index contributed by atoms with van der Waals surface area (Å²) in [6.45, 7) is 8.07. The number of unbranched alkanes of at least 4 members (excludes halogenated alkanes) is 4. The Hall–Kier alpha value is -8.25. The number of carbonyl (C=O) groups excluding carboxylic acids is 4. The minimum atomic E-state index is -3.52. The summed E-state index contributed by atoms with van der Waals surface area (Å²) in [5.41, 5.74) is 2.54. The minimum Gasteiger partial charge on any atom is -0.504 e. The zero-order valence-electron chi connectivity index (χ0n) is 57.3. The first-order valence-electron chi connectivity index (χ1n) is 34.0. The molecule has 552 valence electrons. The van der Waals surface area contributed by atoms with Crippen molar-refractivity contribution in [3.63, 3.8) is 0 Å². The summed E-state index contributed by atoms with van der Waals surface area (Å²) in [6, 6.07) is 18.3. The van der Waals surface area contributed by atoms with E-state index in [4.69, 9.17) is 16.5 Å². The molecule has 0 aromatic heterocycles. The number of rotatable bonds is 44. The van der Waals surface area contributed by atoms with Crippen LogP contribution >= 0.6 is 0 Å². The summed E-state index contributed by atoms with van der Waals surface area (Å²) in [5.74, 6) is -13.4. The van der Waals surface area contributed by atoms with Crippen LogP contribution < -0.4 is 21.3 Å². The van der Waals surface area contributed by atoms with Gasteiger partial charge in [0.05, 0.1) is 23.7 Å². The van der Waals surface area contributed by atoms with Crippen LogP contribution in [0.4, 0.5) is 0 Å². The molecule has 1 aliphatic rings. The number of hydrogen-bond donors (Lipinski definition) is 16. The molecule has 1 aliphatic heterocycles. The van der Waals surface area contributed by atoms with E-state index in [0.29, 0.717) is 123 Å². The molecule has 4 amide bonds. The Morgan fingerprint density at radius 1 is 0.310 bits per heavy atom. The van der Waals surface area contributed by atoms with E-state index in [2.05, 4.69) is 21.3 Å². The number of phenols is 8. The molecule has 1 heterocycles. The Morgan fingerprint density at radius 3 is 0.670 bits per heavy atom. The van der Waals surface area contributed by atoms with Gasteiger partial charge in [0.15, 0.2) is 46.0 Å². The molecule has 0 aliphatic carbocycles. The summed E-state index contributed by atoms with van der Waals surface area (Å²) >= 11 is 0. The van der Waals surface area contributed by atoms with E-state index in [-0.39, 0.29) is 124 Å². The summed E-state index contributed by atoms with van der Waals surface area (Å²) in [4.78, 5) is 103. The molecule has 1 saturated heterocycles. The Kier molecular flexibility index (Phi) is 32.7. The molecule has 0 radical (unpaired) electrons. The quantitative estimate of drug-likeness (QED) is 0.0112. The van der Waals surface area contributed by atoms with Crippen molar-refractivity contribution in [2.75, 3.05) is 26.2 Å². The van der Waals surface area contributed by atoms with Crippen molar-refractivity contribution >= 4 is 81.7 Å². The lowest BCUT2D eigenvalue weighted by atomic mass is 9.98. The van der Waals surface area contributed by atoms with Gasteiger partial charge in [-0.15, -0.1) is 0 Å². The van der Waals surface area contributed by atoms with E-state index in [1.165, 1.54) is 48.5 Å². The number of nitrogens with one attached hydrogen (secondary N) is 4. The number of carbonyl (C=O) groups is 8. The Bertz CT molecular complexity index is 2970. The molecule has 0 spiro atoms. The normalized spacial score (nSPS) is 19.6. The fourth-order valence-electron chi connectivity index (χ4n) is 12.4. The molecule has 5 rings (SSSR count). The van der Waals surface area contributed by atoms with Gasteiger partial charge in [-0.05, 0) is 173 Å². The van der Waals surface area contributed by atoms with Gasteiger partial charge in [0, 0.05) is 51.9 Å². The second-order valence-corrected chi connectivity index (χ2v) is 40.9. The first-order chi connectivity index (χ1) is 47.2. The van der Waals surface area contributed by atoms with E-state index < -0.39 is 105 Å². The predicted molar refractivity (Wildman–Crippen MR) is 374 cm³/mol. The molecular weight excluding hydrogens is 1370 g/mol. The summed E-state index contributed by atoms with van der Waals surface area (Å²) in [5, 5.41) is 130. The lowest BCUT2D eigenvalue weighted by Crippen LogP contribution is -2.67. The van der Waals surface area contributed by atoms with Crippen LogP contribution in [0.2, 0.25) is 50.4 Å². The lowest BCUT2D eigenvalue weighted by Gasteiger charge is -2.50. The van der Waals surface area contributed by atoms with E-state index in [1.54, 1.807) is 24.3 Å². The Morgan fingerprint density at radius 2 is 0.500 bits per heavy atom. The second-order valence-electron chi connectivity index (χ2n) is 26.6. The van der Waals surface area contributed by atoms with Crippen LogP contribution in [-0.4, -0.2) is 169 Å². The van der Waals surface area contributed by atoms with E-state index in [9.17, 15) is 99.6 Å².